The lowest BCUT2D eigenvalue weighted by atomic mass is 9.79. The molecule has 0 amide bonds. The summed E-state index contributed by atoms with van der Waals surface area (Å²) in [7, 11) is 0. The van der Waals surface area contributed by atoms with Crippen molar-refractivity contribution in [1.29, 1.82) is 0 Å². The lowest BCUT2D eigenvalue weighted by Gasteiger charge is -2.26. The molecule has 1 saturated carbocycles. The Morgan fingerprint density at radius 3 is 2.38 bits per heavy atom. The van der Waals surface area contributed by atoms with Gasteiger partial charge in [0.15, 0.2) is 17.4 Å². The zero-order chi connectivity index (χ0) is 18.5. The van der Waals surface area contributed by atoms with Crippen LogP contribution in [0.5, 0.6) is 5.75 Å². The first kappa shape index (κ1) is 18.5. The topological polar surface area (TPSA) is 35.0 Å². The van der Waals surface area contributed by atoms with E-state index in [0.717, 1.165) is 31.2 Å². The van der Waals surface area contributed by atoms with Crippen LogP contribution in [0, 0.1) is 17.6 Å². The number of ether oxygens (including phenoxy) is 1. The van der Waals surface area contributed by atoms with E-state index in [2.05, 4.69) is 29.0 Å². The summed E-state index contributed by atoms with van der Waals surface area (Å²) < 4.78 is 33.4. The number of hydrogen-bond donors (Lipinski definition) is 0. The molecular formula is C21H24F2N2O. The fraction of sp³-hybridized carbons (Fsp3) is 0.429. The Morgan fingerprint density at radius 1 is 1.08 bits per heavy atom. The van der Waals surface area contributed by atoms with Crippen LogP contribution < -0.4 is 4.74 Å². The minimum absolute atomic E-state index is 0.0503. The predicted molar refractivity (Wildman–Crippen MR) is 98.1 cm³/mol. The van der Waals surface area contributed by atoms with Gasteiger partial charge in [-0.3, -0.25) is 0 Å². The number of aromatic nitrogens is 2. The standard InChI is InChI=1S/C21H24F2N2O/c1-3-5-14-6-8-15(9-7-14)16-12-24-21(25-13-16)17-10-11-18(26-4-2)20(23)19(17)22/h3,5,10-15H,4,6-9H2,1-2H3. The Balaban J connectivity index is 1.75. The molecule has 0 radical (unpaired) electrons. The maximum atomic E-state index is 14.3. The summed E-state index contributed by atoms with van der Waals surface area (Å²) in [6, 6.07) is 2.87. The van der Waals surface area contributed by atoms with Crippen LogP contribution in [-0.2, 0) is 0 Å². The van der Waals surface area contributed by atoms with E-state index in [9.17, 15) is 8.78 Å². The van der Waals surface area contributed by atoms with Gasteiger partial charge in [0.05, 0.1) is 12.2 Å². The first-order chi connectivity index (χ1) is 12.6. The van der Waals surface area contributed by atoms with Gasteiger partial charge >= 0.3 is 0 Å². The molecule has 5 heteroatoms. The predicted octanol–water partition coefficient (Wildman–Crippen LogP) is 5.67. The van der Waals surface area contributed by atoms with E-state index in [0.29, 0.717) is 11.8 Å². The van der Waals surface area contributed by atoms with Gasteiger partial charge in [-0.05, 0) is 69.1 Å². The summed E-state index contributed by atoms with van der Waals surface area (Å²) in [6.45, 7) is 4.05. The second-order valence-corrected chi connectivity index (χ2v) is 6.65. The van der Waals surface area contributed by atoms with Crippen molar-refractivity contribution in [2.24, 2.45) is 5.92 Å². The van der Waals surface area contributed by atoms with Gasteiger partial charge in [0, 0.05) is 12.4 Å². The van der Waals surface area contributed by atoms with Crippen molar-refractivity contribution in [2.45, 2.75) is 45.4 Å². The summed E-state index contributed by atoms with van der Waals surface area (Å²) in [4.78, 5) is 8.57. The average molecular weight is 358 g/mol. The molecule has 0 aliphatic heterocycles. The Morgan fingerprint density at radius 2 is 1.77 bits per heavy atom. The molecule has 1 aliphatic carbocycles. The van der Waals surface area contributed by atoms with Gasteiger partial charge in [0.25, 0.3) is 0 Å². The minimum Gasteiger partial charge on any atom is -0.491 e. The molecule has 0 saturated heterocycles. The highest BCUT2D eigenvalue weighted by molar-refractivity contribution is 5.57. The van der Waals surface area contributed by atoms with Crippen LogP contribution in [0.1, 0.15) is 51.0 Å². The number of nitrogens with zero attached hydrogens (tertiary/aromatic N) is 2. The van der Waals surface area contributed by atoms with Gasteiger partial charge in [-0.1, -0.05) is 12.2 Å². The molecule has 1 aliphatic rings. The first-order valence-corrected chi connectivity index (χ1v) is 9.20. The van der Waals surface area contributed by atoms with Gasteiger partial charge < -0.3 is 4.74 Å². The zero-order valence-electron chi connectivity index (χ0n) is 15.2. The van der Waals surface area contributed by atoms with E-state index >= 15 is 0 Å². The Hall–Kier alpha value is -2.30. The molecule has 2 aromatic rings. The third-order valence-corrected chi connectivity index (χ3v) is 4.97. The molecule has 1 aromatic carbocycles. The smallest absolute Gasteiger partial charge is 0.201 e. The van der Waals surface area contributed by atoms with E-state index < -0.39 is 11.6 Å². The highest BCUT2D eigenvalue weighted by Crippen LogP contribution is 2.36. The molecule has 0 N–H and O–H groups in total. The second-order valence-electron chi connectivity index (χ2n) is 6.65. The van der Waals surface area contributed by atoms with Crippen LogP contribution in [0.25, 0.3) is 11.4 Å². The normalized spacial score (nSPS) is 20.5. The lowest BCUT2D eigenvalue weighted by Crippen LogP contribution is -2.12. The minimum atomic E-state index is -1.00. The number of rotatable bonds is 5. The Kier molecular flexibility index (Phi) is 5.96. The molecule has 0 unspecified atom stereocenters. The SMILES string of the molecule is CC=CC1CCC(c2cnc(-c3ccc(OCC)c(F)c3F)nc2)CC1. The molecule has 0 atom stereocenters. The summed E-state index contributed by atoms with van der Waals surface area (Å²) in [6.07, 6.45) is 12.4. The fourth-order valence-corrected chi connectivity index (χ4v) is 3.58. The number of hydrogen-bond acceptors (Lipinski definition) is 3. The van der Waals surface area contributed by atoms with E-state index in [1.54, 1.807) is 19.3 Å². The molecule has 26 heavy (non-hydrogen) atoms. The monoisotopic (exact) mass is 358 g/mol. The fourth-order valence-electron chi connectivity index (χ4n) is 3.58. The summed E-state index contributed by atoms with van der Waals surface area (Å²) in [5, 5.41) is 0. The maximum absolute atomic E-state index is 14.3. The molecule has 3 rings (SSSR count). The molecular weight excluding hydrogens is 334 g/mol. The van der Waals surface area contributed by atoms with Crippen LogP contribution >= 0.6 is 0 Å². The molecule has 138 valence electrons. The Bertz CT molecular complexity index is 766. The molecule has 1 fully saturated rings. The average Bonchev–Trinajstić information content (AvgIpc) is 2.67. The van der Waals surface area contributed by atoms with Crippen LogP contribution in [0.2, 0.25) is 0 Å². The third-order valence-electron chi connectivity index (χ3n) is 4.97. The van der Waals surface area contributed by atoms with Crippen molar-refractivity contribution in [2.75, 3.05) is 6.61 Å². The van der Waals surface area contributed by atoms with Crippen molar-refractivity contribution in [3.05, 3.63) is 53.9 Å². The largest absolute Gasteiger partial charge is 0.491 e. The highest BCUT2D eigenvalue weighted by Gasteiger charge is 2.22. The van der Waals surface area contributed by atoms with Crippen molar-refractivity contribution in [1.82, 2.24) is 9.97 Å². The molecule has 0 spiro atoms. The van der Waals surface area contributed by atoms with E-state index in [4.69, 9.17) is 4.74 Å². The lowest BCUT2D eigenvalue weighted by molar-refractivity contribution is 0.314. The molecule has 0 bridgehead atoms. The maximum Gasteiger partial charge on any atom is 0.201 e. The third kappa shape index (κ3) is 3.92. The van der Waals surface area contributed by atoms with Gasteiger partial charge in [-0.25, -0.2) is 14.4 Å². The van der Waals surface area contributed by atoms with Crippen LogP contribution in [0.3, 0.4) is 0 Å². The van der Waals surface area contributed by atoms with Crippen molar-refractivity contribution in [3.63, 3.8) is 0 Å². The highest BCUT2D eigenvalue weighted by atomic mass is 19.2. The van der Waals surface area contributed by atoms with E-state index in [1.807, 2.05) is 0 Å². The van der Waals surface area contributed by atoms with Crippen molar-refractivity contribution in [3.8, 4) is 17.1 Å². The quantitative estimate of drug-likeness (QED) is 0.646. The van der Waals surface area contributed by atoms with Crippen molar-refractivity contribution < 1.29 is 13.5 Å². The van der Waals surface area contributed by atoms with Gasteiger partial charge in [0.1, 0.15) is 0 Å². The van der Waals surface area contributed by atoms with E-state index in [1.165, 1.54) is 12.1 Å². The van der Waals surface area contributed by atoms with Crippen LogP contribution in [-0.4, -0.2) is 16.6 Å². The Labute approximate surface area is 153 Å². The summed E-state index contributed by atoms with van der Waals surface area (Å²) in [5.41, 5.74) is 1.12. The van der Waals surface area contributed by atoms with Crippen molar-refractivity contribution >= 4 is 0 Å². The zero-order valence-corrected chi connectivity index (χ0v) is 15.2. The number of benzene rings is 1. The van der Waals surface area contributed by atoms with Gasteiger partial charge in [-0.2, -0.15) is 4.39 Å². The van der Waals surface area contributed by atoms with Crippen LogP contribution in [0.15, 0.2) is 36.7 Å². The summed E-state index contributed by atoms with van der Waals surface area (Å²) >= 11 is 0. The van der Waals surface area contributed by atoms with Crippen LogP contribution in [0.4, 0.5) is 8.78 Å². The van der Waals surface area contributed by atoms with Gasteiger partial charge in [-0.15, -0.1) is 0 Å². The molecule has 3 nitrogen and oxygen atoms in total. The van der Waals surface area contributed by atoms with Gasteiger partial charge in [0.2, 0.25) is 5.82 Å². The number of allylic oxidation sites excluding steroid dienone is 2. The van der Waals surface area contributed by atoms with E-state index in [-0.39, 0.29) is 23.7 Å². The molecule has 1 heterocycles. The molecule has 1 aromatic heterocycles. The summed E-state index contributed by atoms with van der Waals surface area (Å²) in [5.74, 6) is -0.779. The first-order valence-electron chi connectivity index (χ1n) is 9.20. The number of halogens is 2. The second kappa shape index (κ2) is 8.39.